The summed E-state index contributed by atoms with van der Waals surface area (Å²) in [5.74, 6) is 0.519. The Morgan fingerprint density at radius 3 is 2.62 bits per heavy atom. The van der Waals surface area contributed by atoms with Crippen LogP contribution in [0.1, 0.15) is 13.8 Å². The fourth-order valence-electron chi connectivity index (χ4n) is 1.35. The molecule has 0 rings (SSSR count). The van der Waals surface area contributed by atoms with Crippen molar-refractivity contribution in [3.05, 3.63) is 0 Å². The minimum absolute atomic E-state index is 0.0424. The van der Waals surface area contributed by atoms with E-state index in [0.717, 1.165) is 6.54 Å². The number of nitrogens with zero attached hydrogens (tertiary/aromatic N) is 1. The third-order valence-electron chi connectivity index (χ3n) is 2.05. The number of ether oxygens (including phenoxy) is 1. The zero-order valence-electron chi connectivity index (χ0n) is 10.8. The van der Waals surface area contributed by atoms with Gasteiger partial charge in [0.15, 0.2) is 0 Å². The number of carbonyl (C=O) groups is 1. The lowest BCUT2D eigenvalue weighted by Crippen LogP contribution is -2.43. The molecule has 0 aliphatic carbocycles. The second kappa shape index (κ2) is 8.50. The van der Waals surface area contributed by atoms with E-state index in [-0.39, 0.29) is 11.9 Å². The lowest BCUT2D eigenvalue weighted by molar-refractivity contribution is -0.122. The van der Waals surface area contributed by atoms with Crippen LogP contribution in [-0.4, -0.2) is 57.2 Å². The van der Waals surface area contributed by atoms with Crippen LogP contribution in [-0.2, 0) is 9.53 Å². The molecule has 5 heteroatoms. The molecule has 1 atom stereocenters. The van der Waals surface area contributed by atoms with Gasteiger partial charge in [-0.05, 0) is 13.0 Å². The number of carbonyl (C=O) groups excluding carboxylic acids is 1. The maximum absolute atomic E-state index is 11.5. The molecule has 0 aliphatic rings. The largest absolute Gasteiger partial charge is 0.383 e. The van der Waals surface area contributed by atoms with Crippen molar-refractivity contribution in [3.63, 3.8) is 0 Å². The van der Waals surface area contributed by atoms with Crippen molar-refractivity contribution in [3.8, 4) is 0 Å². The van der Waals surface area contributed by atoms with Crippen LogP contribution < -0.4 is 11.1 Å². The number of rotatable bonds is 8. The molecular weight excluding hydrogens is 206 g/mol. The van der Waals surface area contributed by atoms with Crippen molar-refractivity contribution in [2.45, 2.75) is 19.9 Å². The number of hydrogen-bond acceptors (Lipinski definition) is 4. The normalized spacial score (nSPS) is 13.2. The van der Waals surface area contributed by atoms with E-state index in [1.165, 1.54) is 0 Å². The van der Waals surface area contributed by atoms with Gasteiger partial charge in [0.2, 0.25) is 5.91 Å². The first-order valence-electron chi connectivity index (χ1n) is 5.65. The highest BCUT2D eigenvalue weighted by molar-refractivity contribution is 5.77. The standard InChI is InChI=1S/C11H25N3O2/c1-9(2)5-13-11(15)7-14(3)6-10(12)8-16-4/h9-10H,5-8,12H2,1-4H3,(H,13,15). The molecule has 0 spiro atoms. The third kappa shape index (κ3) is 8.64. The zero-order valence-corrected chi connectivity index (χ0v) is 10.8. The first-order valence-corrected chi connectivity index (χ1v) is 5.65. The van der Waals surface area contributed by atoms with Crippen LogP contribution in [0.4, 0.5) is 0 Å². The zero-order chi connectivity index (χ0) is 12.6. The SMILES string of the molecule is COCC(N)CN(C)CC(=O)NCC(C)C. The molecule has 0 heterocycles. The van der Waals surface area contributed by atoms with Gasteiger partial charge in [-0.3, -0.25) is 9.69 Å². The predicted octanol–water partition coefficient (Wildman–Crippen LogP) is -0.336. The van der Waals surface area contributed by atoms with Gasteiger partial charge in [-0.15, -0.1) is 0 Å². The van der Waals surface area contributed by atoms with Gasteiger partial charge in [-0.1, -0.05) is 13.8 Å². The van der Waals surface area contributed by atoms with E-state index in [1.807, 2.05) is 11.9 Å². The molecule has 3 N–H and O–H groups in total. The van der Waals surface area contributed by atoms with E-state index in [2.05, 4.69) is 19.2 Å². The average Bonchev–Trinajstić information content (AvgIpc) is 2.14. The highest BCUT2D eigenvalue weighted by atomic mass is 16.5. The van der Waals surface area contributed by atoms with Gasteiger partial charge in [0.05, 0.1) is 13.2 Å². The molecule has 0 radical (unpaired) electrons. The van der Waals surface area contributed by atoms with Crippen LogP contribution in [0, 0.1) is 5.92 Å². The molecule has 0 saturated carbocycles. The summed E-state index contributed by atoms with van der Waals surface area (Å²) in [4.78, 5) is 13.4. The maximum Gasteiger partial charge on any atom is 0.234 e. The molecule has 0 fully saturated rings. The molecule has 1 amide bonds. The van der Waals surface area contributed by atoms with Crippen LogP contribution >= 0.6 is 0 Å². The van der Waals surface area contributed by atoms with Gasteiger partial charge in [0.25, 0.3) is 0 Å². The Morgan fingerprint density at radius 1 is 1.50 bits per heavy atom. The second-order valence-electron chi connectivity index (χ2n) is 4.61. The van der Waals surface area contributed by atoms with Crippen LogP contribution in [0.3, 0.4) is 0 Å². The fourth-order valence-corrected chi connectivity index (χ4v) is 1.35. The molecule has 0 aliphatic heterocycles. The molecule has 0 aromatic carbocycles. The maximum atomic E-state index is 11.5. The Bertz CT molecular complexity index is 198. The smallest absolute Gasteiger partial charge is 0.234 e. The molecule has 0 bridgehead atoms. The Hall–Kier alpha value is -0.650. The average molecular weight is 231 g/mol. The van der Waals surface area contributed by atoms with E-state index in [4.69, 9.17) is 10.5 Å². The molecule has 5 nitrogen and oxygen atoms in total. The summed E-state index contributed by atoms with van der Waals surface area (Å²) < 4.78 is 4.94. The predicted molar refractivity (Wildman–Crippen MR) is 65.2 cm³/mol. The molecule has 0 saturated heterocycles. The summed E-state index contributed by atoms with van der Waals surface area (Å²) in [5.41, 5.74) is 5.78. The Kier molecular flexibility index (Phi) is 8.15. The lowest BCUT2D eigenvalue weighted by atomic mass is 10.2. The number of likely N-dealkylation sites (N-methyl/N-ethyl adjacent to an activating group) is 1. The van der Waals surface area contributed by atoms with E-state index in [9.17, 15) is 4.79 Å². The molecule has 0 aromatic rings. The van der Waals surface area contributed by atoms with Crippen molar-refractivity contribution in [1.82, 2.24) is 10.2 Å². The first-order chi connectivity index (χ1) is 7.45. The molecule has 1 unspecified atom stereocenters. The highest BCUT2D eigenvalue weighted by Crippen LogP contribution is 1.90. The summed E-state index contributed by atoms with van der Waals surface area (Å²) in [6, 6.07) is -0.0482. The fraction of sp³-hybridized carbons (Fsp3) is 0.909. The summed E-state index contributed by atoms with van der Waals surface area (Å²) in [5, 5.41) is 2.87. The van der Waals surface area contributed by atoms with Gasteiger partial charge >= 0.3 is 0 Å². The second-order valence-corrected chi connectivity index (χ2v) is 4.61. The van der Waals surface area contributed by atoms with Crippen molar-refractivity contribution in [1.29, 1.82) is 0 Å². The van der Waals surface area contributed by atoms with Gasteiger partial charge in [0, 0.05) is 26.2 Å². The van der Waals surface area contributed by atoms with Gasteiger partial charge < -0.3 is 15.8 Å². The van der Waals surface area contributed by atoms with Crippen LogP contribution in [0.2, 0.25) is 0 Å². The summed E-state index contributed by atoms with van der Waals surface area (Å²) in [6.07, 6.45) is 0. The number of amides is 1. The molecular formula is C11H25N3O2. The summed E-state index contributed by atoms with van der Waals surface area (Å²) in [7, 11) is 3.50. The van der Waals surface area contributed by atoms with Crippen molar-refractivity contribution in [2.75, 3.05) is 40.4 Å². The van der Waals surface area contributed by atoms with E-state index in [0.29, 0.717) is 25.6 Å². The van der Waals surface area contributed by atoms with Gasteiger partial charge in [0.1, 0.15) is 0 Å². The summed E-state index contributed by atoms with van der Waals surface area (Å²) >= 11 is 0. The number of hydrogen-bond donors (Lipinski definition) is 2. The Labute approximate surface area is 98.3 Å². The first kappa shape index (κ1) is 15.3. The van der Waals surface area contributed by atoms with Crippen molar-refractivity contribution < 1.29 is 9.53 Å². The minimum Gasteiger partial charge on any atom is -0.383 e. The number of nitrogens with two attached hydrogens (primary N) is 1. The minimum atomic E-state index is -0.0482. The quantitative estimate of drug-likeness (QED) is 0.600. The number of methoxy groups -OCH3 is 1. The lowest BCUT2D eigenvalue weighted by Gasteiger charge is -2.20. The van der Waals surface area contributed by atoms with Crippen LogP contribution in [0.15, 0.2) is 0 Å². The Balaban J connectivity index is 3.69. The molecule has 16 heavy (non-hydrogen) atoms. The van der Waals surface area contributed by atoms with Crippen molar-refractivity contribution >= 4 is 5.91 Å². The third-order valence-corrected chi connectivity index (χ3v) is 2.05. The van der Waals surface area contributed by atoms with Crippen LogP contribution in [0.25, 0.3) is 0 Å². The van der Waals surface area contributed by atoms with Crippen molar-refractivity contribution in [2.24, 2.45) is 11.7 Å². The van der Waals surface area contributed by atoms with Crippen LogP contribution in [0.5, 0.6) is 0 Å². The molecule has 0 aromatic heterocycles. The summed E-state index contributed by atoms with van der Waals surface area (Å²) in [6.45, 7) is 6.40. The molecule has 96 valence electrons. The van der Waals surface area contributed by atoms with E-state index >= 15 is 0 Å². The Morgan fingerprint density at radius 2 is 2.12 bits per heavy atom. The van der Waals surface area contributed by atoms with Gasteiger partial charge in [-0.2, -0.15) is 0 Å². The number of nitrogens with one attached hydrogen (secondary N) is 1. The highest BCUT2D eigenvalue weighted by Gasteiger charge is 2.10. The topological polar surface area (TPSA) is 67.6 Å². The van der Waals surface area contributed by atoms with E-state index in [1.54, 1.807) is 7.11 Å². The van der Waals surface area contributed by atoms with E-state index < -0.39 is 0 Å². The van der Waals surface area contributed by atoms with Gasteiger partial charge in [-0.25, -0.2) is 0 Å². The monoisotopic (exact) mass is 231 g/mol.